The average molecular weight is 281 g/mol. The van der Waals surface area contributed by atoms with Crippen LogP contribution in [0.1, 0.15) is 44.9 Å². The first kappa shape index (κ1) is 13.9. The van der Waals surface area contributed by atoms with Crippen LogP contribution < -0.4 is 0 Å². The van der Waals surface area contributed by atoms with Crippen LogP contribution in [0, 0.1) is 11.8 Å². The first-order chi connectivity index (χ1) is 9.68. The van der Waals surface area contributed by atoms with E-state index in [0.717, 1.165) is 38.7 Å². The number of amides is 1. The first-order valence-corrected chi connectivity index (χ1v) is 7.81. The summed E-state index contributed by atoms with van der Waals surface area (Å²) in [6, 6.07) is -0.461. The molecule has 0 spiro atoms. The lowest BCUT2D eigenvalue weighted by Crippen LogP contribution is -2.50. The number of nitrogens with zero attached hydrogens (tertiary/aromatic N) is 1. The molecule has 0 aromatic heterocycles. The summed E-state index contributed by atoms with van der Waals surface area (Å²) in [5.74, 6) is -0.569. The summed E-state index contributed by atoms with van der Waals surface area (Å²) < 4.78 is 5.40. The molecule has 3 fully saturated rings. The highest BCUT2D eigenvalue weighted by Gasteiger charge is 2.48. The number of carbonyl (C=O) groups is 2. The van der Waals surface area contributed by atoms with E-state index in [1.54, 1.807) is 4.90 Å². The third kappa shape index (κ3) is 2.43. The molecule has 1 N–H and O–H groups in total. The minimum Gasteiger partial charge on any atom is -0.480 e. The number of ether oxygens (including phenoxy) is 1. The van der Waals surface area contributed by atoms with Crippen LogP contribution >= 0.6 is 0 Å². The molecule has 1 amide bonds. The maximum Gasteiger partial charge on any atom is 0.326 e. The Kier molecular flexibility index (Phi) is 3.96. The van der Waals surface area contributed by atoms with Gasteiger partial charge in [-0.25, -0.2) is 4.79 Å². The van der Waals surface area contributed by atoms with Crippen molar-refractivity contribution in [2.45, 2.75) is 57.0 Å². The third-order valence-corrected chi connectivity index (χ3v) is 5.14. The molecular weight excluding hydrogens is 258 g/mol. The van der Waals surface area contributed by atoms with Crippen molar-refractivity contribution in [3.05, 3.63) is 0 Å². The van der Waals surface area contributed by atoms with Crippen molar-refractivity contribution in [3.63, 3.8) is 0 Å². The molecule has 2 heterocycles. The van der Waals surface area contributed by atoms with Crippen LogP contribution in [0.3, 0.4) is 0 Å². The number of carboxylic acids is 1. The summed E-state index contributed by atoms with van der Waals surface area (Å²) in [6.07, 6.45) is 6.68. The molecule has 4 atom stereocenters. The quantitative estimate of drug-likeness (QED) is 0.836. The van der Waals surface area contributed by atoms with E-state index in [1.165, 1.54) is 6.42 Å². The van der Waals surface area contributed by atoms with Gasteiger partial charge in [0.1, 0.15) is 6.04 Å². The van der Waals surface area contributed by atoms with Gasteiger partial charge in [0.05, 0.1) is 12.5 Å². The van der Waals surface area contributed by atoms with Crippen molar-refractivity contribution in [1.29, 1.82) is 0 Å². The van der Waals surface area contributed by atoms with Crippen molar-refractivity contribution < 1.29 is 19.4 Å². The number of hydrogen-bond acceptors (Lipinski definition) is 3. The average Bonchev–Trinajstić information content (AvgIpc) is 2.87. The number of aliphatic carboxylic acids is 1. The Balaban J connectivity index is 1.79. The molecule has 5 nitrogen and oxygen atoms in total. The fourth-order valence-corrected chi connectivity index (χ4v) is 4.14. The summed E-state index contributed by atoms with van der Waals surface area (Å²) in [5, 5.41) is 9.45. The Morgan fingerprint density at radius 2 is 1.90 bits per heavy atom. The summed E-state index contributed by atoms with van der Waals surface area (Å²) in [5.41, 5.74) is 0. The second kappa shape index (κ2) is 5.72. The monoisotopic (exact) mass is 281 g/mol. The predicted molar refractivity (Wildman–Crippen MR) is 72.2 cm³/mol. The Hall–Kier alpha value is -1.10. The molecule has 5 heteroatoms. The predicted octanol–water partition coefficient (Wildman–Crippen LogP) is 1.66. The van der Waals surface area contributed by atoms with Crippen LogP contribution in [0.25, 0.3) is 0 Å². The maximum absolute atomic E-state index is 12.8. The van der Waals surface area contributed by atoms with Gasteiger partial charge in [0.2, 0.25) is 5.91 Å². The van der Waals surface area contributed by atoms with E-state index in [4.69, 9.17) is 4.74 Å². The Bertz CT molecular complexity index is 391. The number of carboxylic acid groups (broad SMARTS) is 1. The second-order valence-corrected chi connectivity index (χ2v) is 6.36. The lowest BCUT2D eigenvalue weighted by atomic mass is 9.84. The Labute approximate surface area is 119 Å². The molecule has 0 bridgehead atoms. The largest absolute Gasteiger partial charge is 0.480 e. The number of carbonyl (C=O) groups excluding carboxylic acids is 1. The zero-order chi connectivity index (χ0) is 14.1. The summed E-state index contributed by atoms with van der Waals surface area (Å²) in [7, 11) is 0. The summed E-state index contributed by atoms with van der Waals surface area (Å²) >= 11 is 0. The van der Waals surface area contributed by atoms with Crippen LogP contribution in [-0.4, -0.2) is 47.2 Å². The van der Waals surface area contributed by atoms with Gasteiger partial charge in [0.25, 0.3) is 0 Å². The summed E-state index contributed by atoms with van der Waals surface area (Å²) in [4.78, 5) is 26.0. The van der Waals surface area contributed by atoms with E-state index < -0.39 is 12.0 Å². The minimum absolute atomic E-state index is 0.0199. The number of likely N-dealkylation sites (tertiary alicyclic amines) is 1. The second-order valence-electron chi connectivity index (χ2n) is 6.36. The molecule has 0 unspecified atom stereocenters. The van der Waals surface area contributed by atoms with Gasteiger partial charge >= 0.3 is 5.97 Å². The van der Waals surface area contributed by atoms with Crippen molar-refractivity contribution in [1.82, 2.24) is 4.90 Å². The SMILES string of the molecule is O=C(O)[C@@H]1C[C@@H]2CCCC[C@@H]2N1C(=O)[C@H]1CCCOC1. The van der Waals surface area contributed by atoms with E-state index >= 15 is 0 Å². The highest BCUT2D eigenvalue weighted by molar-refractivity contribution is 5.86. The van der Waals surface area contributed by atoms with Gasteiger partial charge in [-0.15, -0.1) is 0 Å². The van der Waals surface area contributed by atoms with E-state index in [1.807, 2.05) is 0 Å². The number of hydrogen-bond donors (Lipinski definition) is 1. The fourth-order valence-electron chi connectivity index (χ4n) is 4.14. The zero-order valence-electron chi connectivity index (χ0n) is 11.8. The van der Waals surface area contributed by atoms with E-state index in [-0.39, 0.29) is 17.9 Å². The van der Waals surface area contributed by atoms with E-state index in [0.29, 0.717) is 18.9 Å². The smallest absolute Gasteiger partial charge is 0.326 e. The fraction of sp³-hybridized carbons (Fsp3) is 0.867. The topological polar surface area (TPSA) is 66.8 Å². The van der Waals surface area contributed by atoms with Gasteiger partial charge in [-0.05, 0) is 38.0 Å². The van der Waals surface area contributed by atoms with Crippen LogP contribution in [-0.2, 0) is 14.3 Å². The Morgan fingerprint density at radius 3 is 2.60 bits per heavy atom. The molecule has 3 aliphatic rings. The normalized spacial score (nSPS) is 37.5. The molecule has 0 aromatic rings. The molecule has 2 saturated heterocycles. The van der Waals surface area contributed by atoms with Gasteiger partial charge in [0, 0.05) is 12.6 Å². The van der Waals surface area contributed by atoms with Crippen LogP contribution in [0.2, 0.25) is 0 Å². The molecule has 1 saturated carbocycles. The maximum atomic E-state index is 12.8. The van der Waals surface area contributed by atoms with Gasteiger partial charge in [0.15, 0.2) is 0 Å². The first-order valence-electron chi connectivity index (χ1n) is 7.81. The van der Waals surface area contributed by atoms with Crippen LogP contribution in [0.4, 0.5) is 0 Å². The standard InChI is InChI=1S/C15H23NO4/c17-14(11-5-3-7-20-9-11)16-12-6-2-1-4-10(12)8-13(16)15(18)19/h10-13H,1-9H2,(H,18,19)/t10-,11-,12-,13-/m0/s1. The van der Waals surface area contributed by atoms with Crippen LogP contribution in [0.15, 0.2) is 0 Å². The van der Waals surface area contributed by atoms with Crippen molar-refractivity contribution in [3.8, 4) is 0 Å². The number of rotatable bonds is 2. The third-order valence-electron chi connectivity index (χ3n) is 5.14. The summed E-state index contributed by atoms with van der Waals surface area (Å²) in [6.45, 7) is 1.18. The highest BCUT2D eigenvalue weighted by atomic mass is 16.5. The molecule has 0 aromatic carbocycles. The Morgan fingerprint density at radius 1 is 1.10 bits per heavy atom. The zero-order valence-corrected chi connectivity index (χ0v) is 11.8. The van der Waals surface area contributed by atoms with Gasteiger partial charge in [-0.3, -0.25) is 4.79 Å². The van der Waals surface area contributed by atoms with E-state index in [2.05, 4.69) is 0 Å². The molecule has 2 aliphatic heterocycles. The van der Waals surface area contributed by atoms with Gasteiger partial charge in [-0.2, -0.15) is 0 Å². The molecule has 3 rings (SSSR count). The van der Waals surface area contributed by atoms with Gasteiger partial charge in [-0.1, -0.05) is 12.8 Å². The molecule has 0 radical (unpaired) electrons. The molecule has 20 heavy (non-hydrogen) atoms. The van der Waals surface area contributed by atoms with Crippen molar-refractivity contribution in [2.75, 3.05) is 13.2 Å². The minimum atomic E-state index is -0.843. The molecule has 1 aliphatic carbocycles. The van der Waals surface area contributed by atoms with E-state index in [9.17, 15) is 14.7 Å². The van der Waals surface area contributed by atoms with Crippen LogP contribution in [0.5, 0.6) is 0 Å². The molecule has 112 valence electrons. The highest BCUT2D eigenvalue weighted by Crippen LogP contribution is 2.41. The lowest BCUT2D eigenvalue weighted by molar-refractivity contribution is -0.154. The van der Waals surface area contributed by atoms with Crippen molar-refractivity contribution >= 4 is 11.9 Å². The lowest BCUT2D eigenvalue weighted by Gasteiger charge is -2.36. The number of fused-ring (bicyclic) bond motifs is 1. The van der Waals surface area contributed by atoms with Gasteiger partial charge < -0.3 is 14.7 Å². The molecular formula is C15H23NO4. The van der Waals surface area contributed by atoms with Crippen molar-refractivity contribution in [2.24, 2.45) is 11.8 Å².